The van der Waals surface area contributed by atoms with Gasteiger partial charge in [-0.15, -0.1) is 0 Å². The van der Waals surface area contributed by atoms with Gasteiger partial charge in [0.05, 0.1) is 6.21 Å². The van der Waals surface area contributed by atoms with E-state index in [0.717, 1.165) is 0 Å². The standard InChI is InChI=1S/C12H16N2O2/c1-12(2,3)11(16)14-13-8-9-6-4-5-7-10(9)15/h4-8,15H,1-3H3,(H,14,16). The summed E-state index contributed by atoms with van der Waals surface area (Å²) in [4.78, 5) is 11.5. The number of aromatic hydroxyl groups is 1. The number of hydrazone groups is 1. The topological polar surface area (TPSA) is 61.7 Å². The second kappa shape index (κ2) is 4.79. The SMILES string of the molecule is CC(C)(C)C(=O)NN=Cc1ccccc1O. The molecule has 0 fully saturated rings. The van der Waals surface area contributed by atoms with E-state index in [9.17, 15) is 9.90 Å². The maximum absolute atomic E-state index is 11.5. The first-order valence-corrected chi connectivity index (χ1v) is 5.03. The van der Waals surface area contributed by atoms with Gasteiger partial charge in [-0.25, -0.2) is 5.43 Å². The summed E-state index contributed by atoms with van der Waals surface area (Å²) < 4.78 is 0. The predicted molar refractivity (Wildman–Crippen MR) is 63.3 cm³/mol. The van der Waals surface area contributed by atoms with Crippen LogP contribution in [0.2, 0.25) is 0 Å². The van der Waals surface area contributed by atoms with Crippen LogP contribution in [0, 0.1) is 5.41 Å². The largest absolute Gasteiger partial charge is 0.507 e. The zero-order valence-corrected chi connectivity index (χ0v) is 9.69. The number of nitrogens with zero attached hydrogens (tertiary/aromatic N) is 1. The smallest absolute Gasteiger partial charge is 0.245 e. The van der Waals surface area contributed by atoms with Crippen molar-refractivity contribution in [1.29, 1.82) is 0 Å². The molecule has 0 bridgehead atoms. The Morgan fingerprint density at radius 1 is 1.38 bits per heavy atom. The van der Waals surface area contributed by atoms with Crippen LogP contribution < -0.4 is 5.43 Å². The number of para-hydroxylation sites is 1. The first-order valence-electron chi connectivity index (χ1n) is 5.03. The Kier molecular flexibility index (Phi) is 3.66. The Morgan fingerprint density at radius 3 is 2.56 bits per heavy atom. The summed E-state index contributed by atoms with van der Waals surface area (Å²) >= 11 is 0. The Bertz CT molecular complexity index is 406. The third-order valence-electron chi connectivity index (χ3n) is 1.99. The fraction of sp³-hybridized carbons (Fsp3) is 0.333. The van der Waals surface area contributed by atoms with Crippen molar-refractivity contribution in [2.75, 3.05) is 0 Å². The molecule has 0 spiro atoms. The third kappa shape index (κ3) is 3.38. The molecule has 16 heavy (non-hydrogen) atoms. The van der Waals surface area contributed by atoms with Gasteiger partial charge < -0.3 is 5.11 Å². The molecule has 1 amide bonds. The average molecular weight is 220 g/mol. The summed E-state index contributed by atoms with van der Waals surface area (Å²) in [5, 5.41) is 13.2. The van der Waals surface area contributed by atoms with E-state index in [1.165, 1.54) is 6.21 Å². The molecule has 0 aliphatic rings. The number of nitrogens with one attached hydrogen (secondary N) is 1. The Morgan fingerprint density at radius 2 is 2.00 bits per heavy atom. The summed E-state index contributed by atoms with van der Waals surface area (Å²) in [5.41, 5.74) is 2.51. The molecule has 86 valence electrons. The summed E-state index contributed by atoms with van der Waals surface area (Å²) in [5.74, 6) is -0.0320. The molecule has 0 saturated carbocycles. The van der Waals surface area contributed by atoms with E-state index in [1.54, 1.807) is 45.0 Å². The van der Waals surface area contributed by atoms with E-state index in [4.69, 9.17) is 0 Å². The van der Waals surface area contributed by atoms with Crippen molar-refractivity contribution in [3.8, 4) is 5.75 Å². The number of amides is 1. The highest BCUT2D eigenvalue weighted by Crippen LogP contribution is 2.13. The van der Waals surface area contributed by atoms with Crippen LogP contribution in [0.15, 0.2) is 29.4 Å². The summed E-state index contributed by atoms with van der Waals surface area (Å²) in [6.45, 7) is 5.41. The molecule has 0 aromatic heterocycles. The van der Waals surface area contributed by atoms with Gasteiger partial charge in [0, 0.05) is 11.0 Å². The molecule has 0 aliphatic carbocycles. The van der Waals surface area contributed by atoms with Crippen molar-refractivity contribution in [3.63, 3.8) is 0 Å². The second-order valence-corrected chi connectivity index (χ2v) is 4.51. The molecule has 2 N–H and O–H groups in total. The number of phenols is 1. The fourth-order valence-electron chi connectivity index (χ4n) is 0.925. The number of hydrogen-bond acceptors (Lipinski definition) is 3. The van der Waals surface area contributed by atoms with Crippen molar-refractivity contribution < 1.29 is 9.90 Å². The zero-order chi connectivity index (χ0) is 12.2. The molecular weight excluding hydrogens is 204 g/mol. The van der Waals surface area contributed by atoms with Crippen LogP contribution in [0.1, 0.15) is 26.3 Å². The van der Waals surface area contributed by atoms with Crippen molar-refractivity contribution in [2.45, 2.75) is 20.8 Å². The first kappa shape index (κ1) is 12.2. The monoisotopic (exact) mass is 220 g/mol. The van der Waals surface area contributed by atoms with E-state index < -0.39 is 5.41 Å². The van der Waals surface area contributed by atoms with E-state index in [2.05, 4.69) is 10.5 Å². The number of rotatable bonds is 2. The maximum atomic E-state index is 11.5. The molecular formula is C12H16N2O2. The summed E-state index contributed by atoms with van der Waals surface area (Å²) in [7, 11) is 0. The number of hydrogen-bond donors (Lipinski definition) is 2. The Balaban J connectivity index is 2.63. The van der Waals surface area contributed by atoms with E-state index in [-0.39, 0.29) is 11.7 Å². The highest BCUT2D eigenvalue weighted by Gasteiger charge is 2.20. The van der Waals surface area contributed by atoms with E-state index in [0.29, 0.717) is 5.56 Å². The van der Waals surface area contributed by atoms with Gasteiger partial charge in [-0.3, -0.25) is 4.79 Å². The Hall–Kier alpha value is -1.84. The minimum absolute atomic E-state index is 0.135. The molecule has 1 aromatic rings. The lowest BCUT2D eigenvalue weighted by molar-refractivity contribution is -0.128. The van der Waals surface area contributed by atoms with Crippen molar-refractivity contribution in [2.24, 2.45) is 10.5 Å². The lowest BCUT2D eigenvalue weighted by atomic mass is 9.96. The van der Waals surface area contributed by atoms with E-state index in [1.807, 2.05) is 0 Å². The molecule has 0 unspecified atom stereocenters. The fourth-order valence-corrected chi connectivity index (χ4v) is 0.925. The molecule has 1 rings (SSSR count). The van der Waals surface area contributed by atoms with Crippen LogP contribution >= 0.6 is 0 Å². The van der Waals surface area contributed by atoms with Gasteiger partial charge >= 0.3 is 0 Å². The number of benzene rings is 1. The van der Waals surface area contributed by atoms with Crippen LogP contribution in [0.5, 0.6) is 5.75 Å². The van der Waals surface area contributed by atoms with Gasteiger partial charge in [0.2, 0.25) is 5.91 Å². The molecule has 4 nitrogen and oxygen atoms in total. The van der Waals surface area contributed by atoms with Crippen LogP contribution in [0.25, 0.3) is 0 Å². The molecule has 0 heterocycles. The van der Waals surface area contributed by atoms with Gasteiger partial charge in [0.1, 0.15) is 5.75 Å². The number of carbonyl (C=O) groups is 1. The van der Waals surface area contributed by atoms with Crippen LogP contribution in [-0.4, -0.2) is 17.2 Å². The number of phenolic OH excluding ortho intramolecular Hbond substituents is 1. The van der Waals surface area contributed by atoms with Crippen molar-refractivity contribution in [3.05, 3.63) is 29.8 Å². The lowest BCUT2D eigenvalue weighted by Gasteiger charge is -2.14. The normalized spacial score (nSPS) is 11.7. The molecule has 0 radical (unpaired) electrons. The molecule has 4 heteroatoms. The molecule has 0 saturated heterocycles. The third-order valence-corrected chi connectivity index (χ3v) is 1.99. The minimum Gasteiger partial charge on any atom is -0.507 e. The zero-order valence-electron chi connectivity index (χ0n) is 9.69. The number of carbonyl (C=O) groups excluding carboxylic acids is 1. The Labute approximate surface area is 95.0 Å². The maximum Gasteiger partial charge on any atom is 0.245 e. The van der Waals surface area contributed by atoms with Crippen LogP contribution in [-0.2, 0) is 4.79 Å². The van der Waals surface area contributed by atoms with Crippen LogP contribution in [0.3, 0.4) is 0 Å². The molecule has 0 atom stereocenters. The summed E-state index contributed by atoms with van der Waals surface area (Å²) in [6.07, 6.45) is 1.42. The highest BCUT2D eigenvalue weighted by atomic mass is 16.3. The van der Waals surface area contributed by atoms with Gasteiger partial charge in [0.25, 0.3) is 0 Å². The van der Waals surface area contributed by atoms with Gasteiger partial charge in [-0.1, -0.05) is 32.9 Å². The molecule has 0 aliphatic heterocycles. The predicted octanol–water partition coefficient (Wildman–Crippen LogP) is 1.89. The van der Waals surface area contributed by atoms with E-state index >= 15 is 0 Å². The quantitative estimate of drug-likeness (QED) is 0.590. The van der Waals surface area contributed by atoms with Crippen molar-refractivity contribution >= 4 is 12.1 Å². The van der Waals surface area contributed by atoms with Gasteiger partial charge in [-0.05, 0) is 12.1 Å². The highest BCUT2D eigenvalue weighted by molar-refractivity contribution is 5.86. The van der Waals surface area contributed by atoms with Crippen LogP contribution in [0.4, 0.5) is 0 Å². The molecule has 1 aromatic carbocycles. The minimum atomic E-state index is -0.476. The first-order chi connectivity index (χ1) is 7.41. The lowest BCUT2D eigenvalue weighted by Crippen LogP contribution is -2.31. The summed E-state index contributed by atoms with van der Waals surface area (Å²) in [6, 6.07) is 6.78. The van der Waals surface area contributed by atoms with Gasteiger partial charge in [-0.2, -0.15) is 5.10 Å². The average Bonchev–Trinajstić information content (AvgIpc) is 2.19. The van der Waals surface area contributed by atoms with Gasteiger partial charge in [0.15, 0.2) is 0 Å². The van der Waals surface area contributed by atoms with Crippen molar-refractivity contribution in [1.82, 2.24) is 5.43 Å². The second-order valence-electron chi connectivity index (χ2n) is 4.51.